The molecule has 15 heavy (non-hydrogen) atoms. The zero-order valence-electron chi connectivity index (χ0n) is 10.0. The first-order valence-corrected chi connectivity index (χ1v) is 6.28. The summed E-state index contributed by atoms with van der Waals surface area (Å²) in [5, 5.41) is 9.36. The Bertz CT molecular complexity index is 232. The second-order valence-corrected chi connectivity index (χ2v) is 4.21. The summed E-state index contributed by atoms with van der Waals surface area (Å²) in [6.45, 7) is 4.99. The molecule has 0 atom stereocenters. The minimum Gasteiger partial charge on any atom is -0.351 e. The van der Waals surface area contributed by atoms with Gasteiger partial charge in [0.1, 0.15) is 0 Å². The molecule has 0 N–H and O–H groups in total. The average molecular weight is 228 g/mol. The fourth-order valence-corrected chi connectivity index (χ4v) is 1.87. The van der Waals surface area contributed by atoms with Gasteiger partial charge in [0.15, 0.2) is 5.17 Å². The van der Waals surface area contributed by atoms with E-state index in [1.165, 1.54) is 11.8 Å². The van der Waals surface area contributed by atoms with Crippen molar-refractivity contribution in [3.8, 4) is 6.19 Å². The predicted octanol–water partition coefficient (Wildman–Crippen LogP) is 1.46. The van der Waals surface area contributed by atoms with Gasteiger partial charge in [0, 0.05) is 13.1 Å². The first kappa shape index (κ1) is 14.3. The van der Waals surface area contributed by atoms with Crippen LogP contribution in [0.25, 0.3) is 0 Å². The summed E-state index contributed by atoms with van der Waals surface area (Å²) in [5.74, 6) is 0. The van der Waals surface area contributed by atoms with Crippen LogP contribution >= 0.6 is 11.8 Å². The fourth-order valence-electron chi connectivity index (χ4n) is 1.26. The molecule has 0 fully saturated rings. The van der Waals surface area contributed by atoms with E-state index in [1.807, 2.05) is 12.4 Å². The quantitative estimate of drug-likeness (QED) is 0.406. The van der Waals surface area contributed by atoms with Crippen molar-refractivity contribution in [3.63, 3.8) is 0 Å². The van der Waals surface area contributed by atoms with Crippen molar-refractivity contribution in [1.82, 2.24) is 9.80 Å². The molecule has 86 valence electrons. The van der Waals surface area contributed by atoms with Crippen molar-refractivity contribution in [2.24, 2.45) is 4.99 Å². The molecule has 0 aliphatic carbocycles. The van der Waals surface area contributed by atoms with Crippen LogP contribution < -0.4 is 0 Å². The summed E-state index contributed by atoms with van der Waals surface area (Å²) >= 11 is 1.53. The molecule has 0 aliphatic heterocycles. The molecule has 4 nitrogen and oxygen atoms in total. The highest BCUT2D eigenvalue weighted by Crippen LogP contribution is 2.06. The molecule has 0 bridgehead atoms. The summed E-state index contributed by atoms with van der Waals surface area (Å²) in [4.78, 5) is 8.11. The highest BCUT2D eigenvalue weighted by molar-refractivity contribution is 8.13. The standard InChI is InChI=1S/C10H20N4S/c1-5-14(8-6-7-13(2)3)10(15-4)12-9-11/h5-8H2,1-4H3. The molecular formula is C10H20N4S. The van der Waals surface area contributed by atoms with Crippen LogP contribution in [0.1, 0.15) is 13.3 Å². The summed E-state index contributed by atoms with van der Waals surface area (Å²) < 4.78 is 0. The summed E-state index contributed by atoms with van der Waals surface area (Å²) in [7, 11) is 4.13. The second kappa shape index (κ2) is 8.57. The van der Waals surface area contributed by atoms with Gasteiger partial charge in [-0.25, -0.2) is 0 Å². The van der Waals surface area contributed by atoms with Gasteiger partial charge in [0.05, 0.1) is 0 Å². The van der Waals surface area contributed by atoms with E-state index in [9.17, 15) is 0 Å². The van der Waals surface area contributed by atoms with E-state index in [2.05, 4.69) is 35.8 Å². The molecule has 0 aromatic heterocycles. The van der Waals surface area contributed by atoms with Crippen LogP contribution in [0.15, 0.2) is 4.99 Å². The molecule has 0 heterocycles. The number of nitrogens with zero attached hydrogens (tertiary/aromatic N) is 4. The van der Waals surface area contributed by atoms with Crippen LogP contribution in [-0.2, 0) is 0 Å². The average Bonchev–Trinajstić information content (AvgIpc) is 2.21. The maximum Gasteiger partial charge on any atom is 0.208 e. The second-order valence-electron chi connectivity index (χ2n) is 3.44. The lowest BCUT2D eigenvalue weighted by Crippen LogP contribution is -2.31. The van der Waals surface area contributed by atoms with Gasteiger partial charge in [-0.2, -0.15) is 5.26 Å². The third-order valence-electron chi connectivity index (χ3n) is 2.01. The maximum absolute atomic E-state index is 8.54. The van der Waals surface area contributed by atoms with E-state index < -0.39 is 0 Å². The minimum absolute atomic E-state index is 0.818. The van der Waals surface area contributed by atoms with E-state index in [1.54, 1.807) is 0 Å². The van der Waals surface area contributed by atoms with E-state index in [4.69, 9.17) is 5.26 Å². The summed E-state index contributed by atoms with van der Waals surface area (Å²) in [6.07, 6.45) is 4.89. The van der Waals surface area contributed by atoms with E-state index in [-0.39, 0.29) is 0 Å². The molecule has 5 heteroatoms. The Kier molecular flexibility index (Phi) is 8.15. The molecule has 0 unspecified atom stereocenters. The van der Waals surface area contributed by atoms with E-state index in [0.29, 0.717) is 0 Å². The Morgan fingerprint density at radius 2 is 2.07 bits per heavy atom. The smallest absolute Gasteiger partial charge is 0.208 e. The van der Waals surface area contributed by atoms with Gasteiger partial charge in [0.25, 0.3) is 0 Å². The Morgan fingerprint density at radius 1 is 1.40 bits per heavy atom. The minimum atomic E-state index is 0.818. The van der Waals surface area contributed by atoms with Crippen LogP contribution in [-0.4, -0.2) is 55.0 Å². The van der Waals surface area contributed by atoms with Gasteiger partial charge in [-0.1, -0.05) is 11.8 Å². The molecule has 0 aliphatic rings. The number of nitriles is 1. The maximum atomic E-state index is 8.54. The Labute approximate surface area is 97.0 Å². The zero-order chi connectivity index (χ0) is 11.7. The van der Waals surface area contributed by atoms with Crippen molar-refractivity contribution in [2.75, 3.05) is 40.0 Å². The van der Waals surface area contributed by atoms with E-state index >= 15 is 0 Å². The van der Waals surface area contributed by atoms with Crippen LogP contribution in [0.3, 0.4) is 0 Å². The number of aliphatic imine (C=N–C) groups is 1. The van der Waals surface area contributed by atoms with Gasteiger partial charge in [-0.05, 0) is 40.2 Å². The zero-order valence-corrected chi connectivity index (χ0v) is 10.8. The Balaban J connectivity index is 4.12. The Morgan fingerprint density at radius 3 is 2.47 bits per heavy atom. The van der Waals surface area contributed by atoms with Gasteiger partial charge >= 0.3 is 0 Å². The SMILES string of the molecule is CCN(CCCN(C)C)C(=NC#N)SC. The van der Waals surface area contributed by atoms with Crippen molar-refractivity contribution in [3.05, 3.63) is 0 Å². The lowest BCUT2D eigenvalue weighted by molar-refractivity contribution is 0.357. The molecule has 0 saturated carbocycles. The van der Waals surface area contributed by atoms with Crippen molar-refractivity contribution >= 4 is 16.9 Å². The summed E-state index contributed by atoms with van der Waals surface area (Å²) in [5.41, 5.74) is 0. The van der Waals surface area contributed by atoms with Crippen molar-refractivity contribution < 1.29 is 0 Å². The lowest BCUT2D eigenvalue weighted by atomic mass is 10.4. The van der Waals surface area contributed by atoms with Gasteiger partial charge in [-0.3, -0.25) is 0 Å². The highest BCUT2D eigenvalue weighted by Gasteiger charge is 2.07. The van der Waals surface area contributed by atoms with Gasteiger partial charge < -0.3 is 9.80 Å². The Hall–Kier alpha value is -0.730. The molecule has 0 saturated heterocycles. The monoisotopic (exact) mass is 228 g/mol. The third-order valence-corrected chi connectivity index (χ3v) is 2.73. The number of thioether (sulfide) groups is 1. The number of hydrogen-bond acceptors (Lipinski definition) is 4. The number of hydrogen-bond donors (Lipinski definition) is 0. The fraction of sp³-hybridized carbons (Fsp3) is 0.800. The van der Waals surface area contributed by atoms with Crippen LogP contribution in [0.4, 0.5) is 0 Å². The largest absolute Gasteiger partial charge is 0.351 e. The molecule has 0 radical (unpaired) electrons. The van der Waals surface area contributed by atoms with Crippen LogP contribution in [0.2, 0.25) is 0 Å². The third kappa shape index (κ3) is 6.37. The van der Waals surface area contributed by atoms with Crippen LogP contribution in [0.5, 0.6) is 0 Å². The normalized spacial score (nSPS) is 11.6. The first-order valence-electron chi connectivity index (χ1n) is 5.06. The number of amidine groups is 1. The molecule has 0 spiro atoms. The van der Waals surface area contributed by atoms with Crippen LogP contribution in [0, 0.1) is 11.5 Å². The lowest BCUT2D eigenvalue weighted by Gasteiger charge is -2.23. The van der Waals surface area contributed by atoms with Gasteiger partial charge in [0.2, 0.25) is 6.19 Å². The highest BCUT2D eigenvalue weighted by atomic mass is 32.2. The van der Waals surface area contributed by atoms with Crippen molar-refractivity contribution in [1.29, 1.82) is 5.26 Å². The number of rotatable bonds is 5. The topological polar surface area (TPSA) is 42.6 Å². The molecule has 0 rings (SSSR count). The molecule has 0 amide bonds. The van der Waals surface area contributed by atoms with E-state index in [0.717, 1.165) is 31.2 Å². The first-order chi connectivity index (χ1) is 7.15. The van der Waals surface area contributed by atoms with Gasteiger partial charge in [-0.15, -0.1) is 4.99 Å². The molecular weight excluding hydrogens is 208 g/mol. The molecule has 0 aromatic rings. The summed E-state index contributed by atoms with van der Waals surface area (Å²) in [6, 6.07) is 0. The van der Waals surface area contributed by atoms with Crippen molar-refractivity contribution in [2.45, 2.75) is 13.3 Å². The molecule has 0 aromatic carbocycles. The predicted molar refractivity (Wildman–Crippen MR) is 67.0 cm³/mol.